The second-order valence-electron chi connectivity index (χ2n) is 5.64. The molecule has 0 saturated heterocycles. The predicted octanol–water partition coefficient (Wildman–Crippen LogP) is 2.60. The number of anilines is 1. The van der Waals surface area contributed by atoms with E-state index in [-0.39, 0.29) is 12.6 Å². The van der Waals surface area contributed by atoms with Crippen LogP contribution in [0.4, 0.5) is 10.5 Å². The average Bonchev–Trinajstić information content (AvgIpc) is 3.06. The number of aromatic nitrogens is 2. The average molecular weight is 316 g/mol. The predicted molar refractivity (Wildman–Crippen MR) is 90.3 cm³/mol. The van der Waals surface area contributed by atoms with Crippen LogP contribution in [0, 0.1) is 0 Å². The first-order valence-electron chi connectivity index (χ1n) is 7.88. The number of hydrogen-bond donors (Lipinski definition) is 3. The number of hydrogen-bond acceptors (Lipinski definition) is 3. The highest BCUT2D eigenvalue weighted by Gasteiger charge is 2.22. The number of carbonyl (C=O) groups excluding carboxylic acids is 1. The zero-order valence-corrected chi connectivity index (χ0v) is 13.6. The number of carbonyl (C=O) groups is 1. The molecule has 0 atom stereocenters. The third-order valence-electron chi connectivity index (χ3n) is 3.98. The first-order chi connectivity index (χ1) is 11.0. The molecule has 2 aromatic rings. The number of amides is 2. The number of nitrogens with one attached hydrogen (secondary N) is 2. The van der Waals surface area contributed by atoms with Gasteiger partial charge in [-0.25, -0.2) is 4.79 Å². The third kappa shape index (κ3) is 5.10. The second kappa shape index (κ2) is 7.78. The highest BCUT2D eigenvalue weighted by atomic mass is 16.3. The van der Waals surface area contributed by atoms with E-state index in [0.717, 1.165) is 5.56 Å². The van der Waals surface area contributed by atoms with Crippen molar-refractivity contribution in [3.8, 4) is 0 Å². The van der Waals surface area contributed by atoms with E-state index in [1.807, 2.05) is 55.1 Å². The molecule has 23 heavy (non-hydrogen) atoms. The van der Waals surface area contributed by atoms with Crippen LogP contribution in [0.5, 0.6) is 0 Å². The topological polar surface area (TPSA) is 79.2 Å². The number of benzene rings is 1. The van der Waals surface area contributed by atoms with Crippen molar-refractivity contribution in [3.63, 3.8) is 0 Å². The summed E-state index contributed by atoms with van der Waals surface area (Å²) in [5.41, 5.74) is 0.910. The van der Waals surface area contributed by atoms with E-state index in [2.05, 4.69) is 15.7 Å². The number of urea groups is 1. The largest absolute Gasteiger partial charge is 0.388 e. The van der Waals surface area contributed by atoms with E-state index in [0.29, 0.717) is 25.1 Å². The molecule has 0 aliphatic heterocycles. The van der Waals surface area contributed by atoms with Gasteiger partial charge in [-0.05, 0) is 36.6 Å². The summed E-state index contributed by atoms with van der Waals surface area (Å²) in [7, 11) is 0. The molecule has 0 saturated carbocycles. The minimum atomic E-state index is -0.848. The van der Waals surface area contributed by atoms with Gasteiger partial charge in [0.2, 0.25) is 0 Å². The van der Waals surface area contributed by atoms with E-state index >= 15 is 0 Å². The number of nitrogens with zero attached hydrogens (tertiary/aromatic N) is 2. The van der Waals surface area contributed by atoms with E-state index < -0.39 is 5.60 Å². The van der Waals surface area contributed by atoms with Gasteiger partial charge < -0.3 is 15.7 Å². The summed E-state index contributed by atoms with van der Waals surface area (Å²) in [5.74, 6) is 0. The van der Waals surface area contributed by atoms with Crippen molar-refractivity contribution in [1.29, 1.82) is 0 Å². The summed E-state index contributed by atoms with van der Waals surface area (Å²) in [5, 5.41) is 19.9. The molecule has 0 unspecified atom stereocenters. The maximum absolute atomic E-state index is 12.0. The molecule has 1 heterocycles. The van der Waals surface area contributed by atoms with Crippen molar-refractivity contribution in [1.82, 2.24) is 15.1 Å². The van der Waals surface area contributed by atoms with Gasteiger partial charge in [-0.3, -0.25) is 4.68 Å². The van der Waals surface area contributed by atoms with Gasteiger partial charge in [0.05, 0.1) is 12.1 Å². The highest BCUT2D eigenvalue weighted by molar-refractivity contribution is 5.89. The molecule has 3 N–H and O–H groups in total. The van der Waals surface area contributed by atoms with Gasteiger partial charge in [0.15, 0.2) is 0 Å². The first-order valence-corrected chi connectivity index (χ1v) is 7.88. The van der Waals surface area contributed by atoms with Crippen LogP contribution in [0.3, 0.4) is 0 Å². The zero-order valence-electron chi connectivity index (χ0n) is 13.6. The standard InChI is InChI=1S/C17H24N4O2/c1-3-17(23,4-2)13-18-16(22)20-15-8-5-7-14(11-15)12-21-10-6-9-19-21/h5-11,23H,3-4,12-13H2,1-2H3,(H2,18,20,22). The van der Waals surface area contributed by atoms with Crippen LogP contribution < -0.4 is 10.6 Å². The Kier molecular flexibility index (Phi) is 5.76. The maximum Gasteiger partial charge on any atom is 0.319 e. The summed E-state index contributed by atoms with van der Waals surface area (Å²) >= 11 is 0. The van der Waals surface area contributed by atoms with Crippen LogP contribution in [-0.4, -0.2) is 33.1 Å². The lowest BCUT2D eigenvalue weighted by molar-refractivity contribution is 0.0354. The molecule has 6 heteroatoms. The molecule has 0 bridgehead atoms. The third-order valence-corrected chi connectivity index (χ3v) is 3.98. The lowest BCUT2D eigenvalue weighted by Crippen LogP contribution is -2.43. The smallest absolute Gasteiger partial charge is 0.319 e. The fraction of sp³-hybridized carbons (Fsp3) is 0.412. The second-order valence-corrected chi connectivity index (χ2v) is 5.64. The first kappa shape index (κ1) is 17.0. The molecule has 0 aliphatic carbocycles. The molecule has 2 rings (SSSR count). The molecule has 6 nitrogen and oxygen atoms in total. The maximum atomic E-state index is 12.0. The number of rotatable bonds is 7. The number of aliphatic hydroxyl groups is 1. The van der Waals surface area contributed by atoms with Crippen LogP contribution in [-0.2, 0) is 6.54 Å². The lowest BCUT2D eigenvalue weighted by Gasteiger charge is -2.25. The van der Waals surface area contributed by atoms with E-state index in [1.165, 1.54) is 0 Å². The van der Waals surface area contributed by atoms with Crippen LogP contribution in [0.2, 0.25) is 0 Å². The molecule has 0 aliphatic rings. The fourth-order valence-electron chi connectivity index (χ4n) is 2.25. The Bertz CT molecular complexity index is 621. The highest BCUT2D eigenvalue weighted by Crippen LogP contribution is 2.14. The summed E-state index contributed by atoms with van der Waals surface area (Å²) in [6.45, 7) is 4.69. The summed E-state index contributed by atoms with van der Waals surface area (Å²) in [6.07, 6.45) is 4.83. The minimum Gasteiger partial charge on any atom is -0.388 e. The van der Waals surface area contributed by atoms with Crippen LogP contribution in [0.25, 0.3) is 0 Å². The Balaban J connectivity index is 1.91. The quantitative estimate of drug-likeness (QED) is 0.734. The van der Waals surface area contributed by atoms with Gasteiger partial charge in [-0.2, -0.15) is 5.10 Å². The molecular formula is C17H24N4O2. The van der Waals surface area contributed by atoms with Crippen molar-refractivity contribution in [2.45, 2.75) is 38.8 Å². The summed E-state index contributed by atoms with van der Waals surface area (Å²) in [6, 6.07) is 9.17. The van der Waals surface area contributed by atoms with Crippen LogP contribution in [0.15, 0.2) is 42.7 Å². The molecule has 0 spiro atoms. The van der Waals surface area contributed by atoms with Crippen molar-refractivity contribution in [2.24, 2.45) is 0 Å². The Morgan fingerprint density at radius 2 is 2.09 bits per heavy atom. The van der Waals surface area contributed by atoms with Gasteiger partial charge >= 0.3 is 6.03 Å². The van der Waals surface area contributed by atoms with Gasteiger partial charge in [0.1, 0.15) is 0 Å². The van der Waals surface area contributed by atoms with Gasteiger partial charge in [0.25, 0.3) is 0 Å². The van der Waals surface area contributed by atoms with E-state index in [1.54, 1.807) is 6.20 Å². The van der Waals surface area contributed by atoms with Gasteiger partial charge in [-0.1, -0.05) is 26.0 Å². The molecule has 0 fully saturated rings. The van der Waals surface area contributed by atoms with Gasteiger partial charge in [-0.15, -0.1) is 0 Å². The van der Waals surface area contributed by atoms with Crippen LogP contribution in [0.1, 0.15) is 32.3 Å². The Morgan fingerprint density at radius 3 is 2.74 bits per heavy atom. The van der Waals surface area contributed by atoms with E-state index in [4.69, 9.17) is 0 Å². The molecule has 1 aromatic carbocycles. The van der Waals surface area contributed by atoms with Crippen molar-refractivity contribution >= 4 is 11.7 Å². The molecule has 2 amide bonds. The fourth-order valence-corrected chi connectivity index (χ4v) is 2.25. The lowest BCUT2D eigenvalue weighted by atomic mass is 9.98. The molecule has 124 valence electrons. The minimum absolute atomic E-state index is 0.235. The Morgan fingerprint density at radius 1 is 1.30 bits per heavy atom. The Hall–Kier alpha value is -2.34. The molecular weight excluding hydrogens is 292 g/mol. The van der Waals surface area contributed by atoms with Gasteiger partial charge in [0, 0.05) is 24.6 Å². The summed E-state index contributed by atoms with van der Waals surface area (Å²) in [4.78, 5) is 12.0. The van der Waals surface area contributed by atoms with Crippen molar-refractivity contribution in [3.05, 3.63) is 48.3 Å². The molecule has 0 radical (unpaired) electrons. The Labute approximate surface area is 136 Å². The SMILES string of the molecule is CCC(O)(CC)CNC(=O)Nc1cccc(Cn2cccn2)c1. The van der Waals surface area contributed by atoms with Crippen molar-refractivity contribution < 1.29 is 9.90 Å². The van der Waals surface area contributed by atoms with Crippen molar-refractivity contribution in [2.75, 3.05) is 11.9 Å². The van der Waals surface area contributed by atoms with Crippen LogP contribution >= 0.6 is 0 Å². The zero-order chi connectivity index (χ0) is 16.7. The summed E-state index contributed by atoms with van der Waals surface area (Å²) < 4.78 is 1.82. The van der Waals surface area contributed by atoms with E-state index in [9.17, 15) is 9.90 Å². The molecule has 1 aromatic heterocycles. The normalized spacial score (nSPS) is 11.3. The monoisotopic (exact) mass is 316 g/mol.